The van der Waals surface area contributed by atoms with Gasteiger partial charge in [0.05, 0.1) is 7.11 Å². The molecule has 0 saturated carbocycles. The zero-order valence-corrected chi connectivity index (χ0v) is 10.1. The standard InChI is InChI=1S/C12H21NO2/c1-5-8-11(2)9-6-7-10-12(14)13(3)15-4/h6-7,9-11H,5,8H2,1-4H3/b9-6+,10-7+/t11-/m1/s1. The Labute approximate surface area is 92.4 Å². The van der Waals surface area contributed by atoms with Crippen LogP contribution in [0.2, 0.25) is 0 Å². The molecule has 0 heterocycles. The lowest BCUT2D eigenvalue weighted by atomic mass is 10.1. The van der Waals surface area contributed by atoms with Gasteiger partial charge in [-0.1, -0.05) is 38.5 Å². The lowest BCUT2D eigenvalue weighted by Gasteiger charge is -2.09. The summed E-state index contributed by atoms with van der Waals surface area (Å²) < 4.78 is 0. The molecule has 3 heteroatoms. The molecule has 0 radical (unpaired) electrons. The van der Waals surface area contributed by atoms with E-state index in [0.717, 1.165) is 0 Å². The summed E-state index contributed by atoms with van der Waals surface area (Å²) in [6.07, 6.45) is 9.58. The van der Waals surface area contributed by atoms with Crippen LogP contribution in [0.25, 0.3) is 0 Å². The second-order valence-corrected chi connectivity index (χ2v) is 3.53. The summed E-state index contributed by atoms with van der Waals surface area (Å²) in [5, 5.41) is 1.18. The fourth-order valence-corrected chi connectivity index (χ4v) is 1.14. The van der Waals surface area contributed by atoms with Crippen LogP contribution >= 0.6 is 0 Å². The van der Waals surface area contributed by atoms with E-state index in [0.29, 0.717) is 5.92 Å². The van der Waals surface area contributed by atoms with Crippen molar-refractivity contribution in [2.24, 2.45) is 5.92 Å². The van der Waals surface area contributed by atoms with Gasteiger partial charge in [-0.15, -0.1) is 0 Å². The van der Waals surface area contributed by atoms with Crippen LogP contribution in [0, 0.1) is 5.92 Å². The van der Waals surface area contributed by atoms with Crippen molar-refractivity contribution < 1.29 is 9.63 Å². The highest BCUT2D eigenvalue weighted by Gasteiger charge is 2.00. The quantitative estimate of drug-likeness (QED) is 0.384. The first-order valence-corrected chi connectivity index (χ1v) is 5.28. The van der Waals surface area contributed by atoms with Crippen molar-refractivity contribution in [3.63, 3.8) is 0 Å². The van der Waals surface area contributed by atoms with E-state index >= 15 is 0 Å². The van der Waals surface area contributed by atoms with Gasteiger partial charge in [-0.3, -0.25) is 9.63 Å². The van der Waals surface area contributed by atoms with E-state index in [4.69, 9.17) is 4.84 Å². The van der Waals surface area contributed by atoms with Crippen molar-refractivity contribution in [2.45, 2.75) is 26.7 Å². The van der Waals surface area contributed by atoms with Crippen LogP contribution in [0.4, 0.5) is 0 Å². The van der Waals surface area contributed by atoms with E-state index in [1.165, 1.54) is 31.1 Å². The van der Waals surface area contributed by atoms with Gasteiger partial charge < -0.3 is 0 Å². The number of amides is 1. The fourth-order valence-electron chi connectivity index (χ4n) is 1.14. The van der Waals surface area contributed by atoms with Gasteiger partial charge in [0, 0.05) is 13.1 Å². The van der Waals surface area contributed by atoms with Gasteiger partial charge in [0.15, 0.2) is 0 Å². The zero-order valence-electron chi connectivity index (χ0n) is 10.1. The average molecular weight is 211 g/mol. The molecule has 0 N–H and O–H groups in total. The van der Waals surface area contributed by atoms with Crippen molar-refractivity contribution in [1.29, 1.82) is 0 Å². The second-order valence-electron chi connectivity index (χ2n) is 3.53. The summed E-state index contributed by atoms with van der Waals surface area (Å²) in [5.74, 6) is 0.403. The molecule has 0 bridgehead atoms. The van der Waals surface area contributed by atoms with Crippen LogP contribution < -0.4 is 0 Å². The Balaban J connectivity index is 3.93. The maximum atomic E-state index is 11.2. The lowest BCUT2D eigenvalue weighted by Crippen LogP contribution is -2.22. The first-order chi connectivity index (χ1) is 7.11. The molecular weight excluding hydrogens is 190 g/mol. The van der Waals surface area contributed by atoms with Gasteiger partial charge in [0.2, 0.25) is 0 Å². The Kier molecular flexibility index (Phi) is 7.64. The molecule has 3 nitrogen and oxygen atoms in total. The van der Waals surface area contributed by atoms with Crippen LogP contribution in [-0.2, 0) is 9.63 Å². The molecule has 86 valence electrons. The summed E-state index contributed by atoms with van der Waals surface area (Å²) in [4.78, 5) is 16.0. The molecule has 0 aliphatic heterocycles. The molecule has 0 aromatic rings. The van der Waals surface area contributed by atoms with Crippen LogP contribution in [0.5, 0.6) is 0 Å². The molecule has 0 aliphatic rings. The Bertz CT molecular complexity index is 234. The molecular formula is C12H21NO2. The van der Waals surface area contributed by atoms with Gasteiger partial charge in [0.25, 0.3) is 5.91 Å². The molecule has 15 heavy (non-hydrogen) atoms. The van der Waals surface area contributed by atoms with Gasteiger partial charge in [-0.05, 0) is 12.3 Å². The third kappa shape index (κ3) is 6.91. The summed E-state index contributed by atoms with van der Waals surface area (Å²) in [6.45, 7) is 4.33. The molecule has 0 saturated heterocycles. The Morgan fingerprint density at radius 1 is 1.47 bits per heavy atom. The fraction of sp³-hybridized carbons (Fsp3) is 0.583. The third-order valence-electron chi connectivity index (χ3n) is 2.12. The molecule has 0 rings (SSSR count). The van der Waals surface area contributed by atoms with E-state index in [9.17, 15) is 4.79 Å². The summed E-state index contributed by atoms with van der Waals surface area (Å²) >= 11 is 0. The smallest absolute Gasteiger partial charge is 0.269 e. The molecule has 0 aromatic carbocycles. The van der Waals surface area contributed by atoms with E-state index in [2.05, 4.69) is 19.9 Å². The second kappa shape index (κ2) is 8.24. The van der Waals surface area contributed by atoms with Gasteiger partial charge in [0.1, 0.15) is 0 Å². The van der Waals surface area contributed by atoms with Crippen molar-refractivity contribution in [2.75, 3.05) is 14.2 Å². The Hall–Kier alpha value is -1.09. The van der Waals surface area contributed by atoms with Crippen molar-refractivity contribution in [3.8, 4) is 0 Å². The van der Waals surface area contributed by atoms with Crippen molar-refractivity contribution in [3.05, 3.63) is 24.3 Å². The number of carbonyl (C=O) groups is 1. The number of carbonyl (C=O) groups excluding carboxylic acids is 1. The van der Waals surface area contributed by atoms with Gasteiger partial charge in [-0.25, -0.2) is 5.06 Å². The largest absolute Gasteiger partial charge is 0.274 e. The minimum Gasteiger partial charge on any atom is -0.274 e. The predicted molar refractivity (Wildman–Crippen MR) is 62.1 cm³/mol. The third-order valence-corrected chi connectivity index (χ3v) is 2.12. The van der Waals surface area contributed by atoms with Gasteiger partial charge in [-0.2, -0.15) is 0 Å². The first-order valence-electron chi connectivity index (χ1n) is 5.28. The van der Waals surface area contributed by atoms with Crippen molar-refractivity contribution >= 4 is 5.91 Å². The van der Waals surface area contributed by atoms with Crippen molar-refractivity contribution in [1.82, 2.24) is 5.06 Å². The molecule has 0 fully saturated rings. The number of allylic oxidation sites excluding steroid dienone is 3. The zero-order chi connectivity index (χ0) is 11.7. The van der Waals surface area contributed by atoms with Crippen LogP contribution in [0.1, 0.15) is 26.7 Å². The lowest BCUT2D eigenvalue weighted by molar-refractivity contribution is -0.162. The molecule has 0 aliphatic carbocycles. The molecule has 1 atom stereocenters. The van der Waals surface area contributed by atoms with E-state index in [1.54, 1.807) is 13.1 Å². The highest BCUT2D eigenvalue weighted by atomic mass is 16.7. The topological polar surface area (TPSA) is 29.5 Å². The van der Waals surface area contributed by atoms with E-state index in [-0.39, 0.29) is 5.91 Å². The summed E-state index contributed by atoms with van der Waals surface area (Å²) in [5.41, 5.74) is 0. The minimum atomic E-state index is -0.162. The Morgan fingerprint density at radius 2 is 2.13 bits per heavy atom. The normalized spacial score (nSPS) is 13.6. The number of likely N-dealkylation sites (N-methyl/N-ethyl adjacent to an activating group) is 1. The van der Waals surface area contributed by atoms with E-state index < -0.39 is 0 Å². The van der Waals surface area contributed by atoms with E-state index in [1.807, 2.05) is 6.08 Å². The monoisotopic (exact) mass is 211 g/mol. The van der Waals surface area contributed by atoms with Crippen LogP contribution in [-0.4, -0.2) is 25.1 Å². The highest BCUT2D eigenvalue weighted by Crippen LogP contribution is 2.05. The number of nitrogens with zero attached hydrogens (tertiary/aromatic N) is 1. The number of hydrogen-bond acceptors (Lipinski definition) is 2. The number of rotatable bonds is 6. The molecule has 1 amide bonds. The maximum Gasteiger partial charge on any atom is 0.269 e. The SMILES string of the molecule is CCC[C@@H](C)/C=C/C=C/C(=O)N(C)OC. The van der Waals surface area contributed by atoms with Gasteiger partial charge >= 0.3 is 0 Å². The minimum absolute atomic E-state index is 0.162. The number of hydrogen-bond donors (Lipinski definition) is 0. The maximum absolute atomic E-state index is 11.2. The first kappa shape index (κ1) is 13.9. The summed E-state index contributed by atoms with van der Waals surface area (Å²) in [7, 11) is 3.04. The Morgan fingerprint density at radius 3 is 2.67 bits per heavy atom. The predicted octanol–water partition coefficient (Wildman–Crippen LogP) is 2.55. The number of hydroxylamine groups is 2. The molecule has 0 unspecified atom stereocenters. The average Bonchev–Trinajstić information content (AvgIpc) is 2.23. The summed E-state index contributed by atoms with van der Waals surface area (Å²) in [6, 6.07) is 0. The molecule has 0 aromatic heterocycles. The van der Waals surface area contributed by atoms with Crippen LogP contribution in [0.15, 0.2) is 24.3 Å². The highest BCUT2D eigenvalue weighted by molar-refractivity contribution is 5.86. The molecule has 0 spiro atoms. The van der Waals surface area contributed by atoms with Crippen LogP contribution in [0.3, 0.4) is 0 Å².